The molecule has 0 aliphatic carbocycles. The van der Waals surface area contributed by atoms with Crippen molar-refractivity contribution in [2.75, 3.05) is 18.0 Å². The maximum Gasteiger partial charge on any atom is 0.338 e. The van der Waals surface area contributed by atoms with E-state index >= 15 is 0 Å². The van der Waals surface area contributed by atoms with E-state index in [1.807, 2.05) is 0 Å². The number of carbonyl (C=O) groups excluding carboxylic acids is 2. The van der Waals surface area contributed by atoms with Crippen LogP contribution in [0.3, 0.4) is 0 Å². The molecule has 0 atom stereocenters. The Labute approximate surface area is 159 Å². The second kappa shape index (κ2) is 8.68. The zero-order chi connectivity index (χ0) is 20.0. The molecule has 0 aromatic heterocycles. The largest absolute Gasteiger partial charge is 0.452 e. The molecule has 2 aromatic carbocycles. The van der Waals surface area contributed by atoms with Gasteiger partial charge in [0.2, 0.25) is 0 Å². The van der Waals surface area contributed by atoms with Crippen LogP contribution < -0.4 is 9.62 Å². The Morgan fingerprint density at radius 1 is 1.07 bits per heavy atom. The van der Waals surface area contributed by atoms with Crippen molar-refractivity contribution >= 4 is 27.6 Å². The zero-order valence-corrected chi connectivity index (χ0v) is 16.2. The highest BCUT2D eigenvalue weighted by molar-refractivity contribution is 7.92. The molecule has 0 fully saturated rings. The van der Waals surface area contributed by atoms with Crippen LogP contribution in [0.1, 0.15) is 24.2 Å². The van der Waals surface area contributed by atoms with Gasteiger partial charge in [0.15, 0.2) is 6.61 Å². The van der Waals surface area contributed by atoms with Crippen LogP contribution in [0.5, 0.6) is 0 Å². The zero-order valence-electron chi connectivity index (χ0n) is 15.4. The molecule has 2 aromatic rings. The van der Waals surface area contributed by atoms with Gasteiger partial charge in [0, 0.05) is 13.1 Å². The summed E-state index contributed by atoms with van der Waals surface area (Å²) in [6.07, 6.45) is 0. The van der Waals surface area contributed by atoms with E-state index in [4.69, 9.17) is 4.74 Å². The number of hydrogen-bond acceptors (Lipinski definition) is 5. The standard InChI is InChI=1S/C19H22N2O5S/c1-14(2)20-18(22)13-26-19(23)15-8-7-11-17(12-15)27(24,25)21(3)16-9-5-4-6-10-16/h4-12,14H,13H2,1-3H3,(H,20,22). The Morgan fingerprint density at radius 2 is 1.74 bits per heavy atom. The number of sulfonamides is 1. The molecule has 0 unspecified atom stereocenters. The molecule has 8 heteroatoms. The first-order valence-electron chi connectivity index (χ1n) is 8.32. The highest BCUT2D eigenvalue weighted by Gasteiger charge is 2.22. The predicted octanol–water partition coefficient (Wildman–Crippen LogP) is 2.19. The van der Waals surface area contributed by atoms with E-state index in [0.29, 0.717) is 5.69 Å². The molecule has 0 aliphatic rings. The minimum atomic E-state index is -3.85. The molecule has 0 saturated heterocycles. The van der Waals surface area contributed by atoms with Crippen LogP contribution in [0.15, 0.2) is 59.5 Å². The van der Waals surface area contributed by atoms with E-state index in [9.17, 15) is 18.0 Å². The third kappa shape index (κ3) is 5.30. The highest BCUT2D eigenvalue weighted by Crippen LogP contribution is 2.22. The van der Waals surface area contributed by atoms with Crippen LogP contribution in [-0.4, -0.2) is 40.0 Å². The van der Waals surface area contributed by atoms with Crippen molar-refractivity contribution in [1.29, 1.82) is 0 Å². The molecule has 0 aliphatic heterocycles. The van der Waals surface area contributed by atoms with Gasteiger partial charge in [-0.15, -0.1) is 0 Å². The van der Waals surface area contributed by atoms with Gasteiger partial charge in [-0.25, -0.2) is 13.2 Å². The molecule has 0 spiro atoms. The fourth-order valence-corrected chi connectivity index (χ4v) is 3.54. The highest BCUT2D eigenvalue weighted by atomic mass is 32.2. The summed E-state index contributed by atoms with van der Waals surface area (Å²) in [4.78, 5) is 23.7. The van der Waals surface area contributed by atoms with Crippen molar-refractivity contribution in [2.24, 2.45) is 0 Å². The van der Waals surface area contributed by atoms with Crippen molar-refractivity contribution in [3.8, 4) is 0 Å². The Morgan fingerprint density at radius 3 is 2.37 bits per heavy atom. The van der Waals surface area contributed by atoms with Crippen molar-refractivity contribution in [2.45, 2.75) is 24.8 Å². The summed E-state index contributed by atoms with van der Waals surface area (Å²) in [5.74, 6) is -1.20. The third-order valence-electron chi connectivity index (χ3n) is 3.63. The lowest BCUT2D eigenvalue weighted by molar-refractivity contribution is -0.124. The number of nitrogens with one attached hydrogen (secondary N) is 1. The number of anilines is 1. The van der Waals surface area contributed by atoms with Gasteiger partial charge >= 0.3 is 5.97 Å². The van der Waals surface area contributed by atoms with Gasteiger partial charge in [0.05, 0.1) is 16.1 Å². The first kappa shape index (κ1) is 20.4. The summed E-state index contributed by atoms with van der Waals surface area (Å²) in [6.45, 7) is 3.15. The van der Waals surface area contributed by atoms with Crippen LogP contribution in [0, 0.1) is 0 Å². The molecule has 1 N–H and O–H groups in total. The number of amides is 1. The van der Waals surface area contributed by atoms with Crippen molar-refractivity contribution in [3.05, 3.63) is 60.2 Å². The first-order valence-corrected chi connectivity index (χ1v) is 9.76. The van der Waals surface area contributed by atoms with Crippen LogP contribution >= 0.6 is 0 Å². The Hall–Kier alpha value is -2.87. The molecule has 0 radical (unpaired) electrons. The summed E-state index contributed by atoms with van der Waals surface area (Å²) in [7, 11) is -2.41. The minimum absolute atomic E-state index is 0.0464. The minimum Gasteiger partial charge on any atom is -0.452 e. The monoisotopic (exact) mass is 390 g/mol. The lowest BCUT2D eigenvalue weighted by Crippen LogP contribution is -2.34. The number of esters is 1. The van der Waals surface area contributed by atoms with E-state index in [-0.39, 0.29) is 16.5 Å². The number of ether oxygens (including phenoxy) is 1. The van der Waals surface area contributed by atoms with Gasteiger partial charge in [-0.2, -0.15) is 0 Å². The average molecular weight is 390 g/mol. The van der Waals surface area contributed by atoms with E-state index in [2.05, 4.69) is 5.32 Å². The van der Waals surface area contributed by atoms with Gasteiger partial charge in [-0.3, -0.25) is 9.10 Å². The topological polar surface area (TPSA) is 92.8 Å². The summed E-state index contributed by atoms with van der Waals surface area (Å²) in [5, 5.41) is 2.60. The van der Waals surface area contributed by atoms with Gasteiger partial charge < -0.3 is 10.1 Å². The molecule has 144 valence electrons. The fraction of sp³-hybridized carbons (Fsp3) is 0.263. The number of rotatable bonds is 7. The number of para-hydroxylation sites is 1. The molecule has 7 nitrogen and oxygen atoms in total. The van der Waals surface area contributed by atoms with Crippen molar-refractivity contribution in [1.82, 2.24) is 5.32 Å². The third-order valence-corrected chi connectivity index (χ3v) is 5.41. The summed E-state index contributed by atoms with van der Waals surface area (Å²) in [6, 6.07) is 14.0. The molecule has 0 heterocycles. The lowest BCUT2D eigenvalue weighted by atomic mass is 10.2. The number of hydrogen-bond donors (Lipinski definition) is 1. The van der Waals surface area contributed by atoms with Crippen LogP contribution in [0.25, 0.3) is 0 Å². The molecule has 0 bridgehead atoms. The summed E-state index contributed by atoms with van der Waals surface area (Å²) >= 11 is 0. The number of carbonyl (C=O) groups is 2. The fourth-order valence-electron chi connectivity index (χ4n) is 2.30. The normalized spacial score (nSPS) is 11.1. The van der Waals surface area contributed by atoms with Crippen molar-refractivity contribution < 1.29 is 22.7 Å². The molecular formula is C19H22N2O5S. The van der Waals surface area contributed by atoms with Gasteiger partial charge in [0.25, 0.3) is 15.9 Å². The second-order valence-corrected chi connectivity index (χ2v) is 8.10. The summed E-state index contributed by atoms with van der Waals surface area (Å²) < 4.78 is 31.7. The SMILES string of the molecule is CC(C)NC(=O)COC(=O)c1cccc(S(=O)(=O)N(C)c2ccccc2)c1. The molecule has 27 heavy (non-hydrogen) atoms. The summed E-state index contributed by atoms with van der Waals surface area (Å²) in [5.41, 5.74) is 0.547. The van der Waals surface area contributed by atoms with E-state index in [1.165, 1.54) is 31.3 Å². The number of benzene rings is 2. The predicted molar refractivity (Wildman–Crippen MR) is 102 cm³/mol. The van der Waals surface area contributed by atoms with Gasteiger partial charge in [-0.1, -0.05) is 24.3 Å². The van der Waals surface area contributed by atoms with E-state index < -0.39 is 28.5 Å². The van der Waals surface area contributed by atoms with Gasteiger partial charge in [-0.05, 0) is 44.2 Å². The van der Waals surface area contributed by atoms with Crippen LogP contribution in [0.2, 0.25) is 0 Å². The smallest absolute Gasteiger partial charge is 0.338 e. The molecule has 0 saturated carbocycles. The number of nitrogens with zero attached hydrogens (tertiary/aromatic N) is 1. The first-order chi connectivity index (χ1) is 12.7. The quantitative estimate of drug-likeness (QED) is 0.732. The van der Waals surface area contributed by atoms with Crippen LogP contribution in [-0.2, 0) is 19.6 Å². The Kier molecular flexibility index (Phi) is 6.57. The Bertz CT molecular complexity index is 911. The second-order valence-electron chi connectivity index (χ2n) is 6.13. The molecule has 2 rings (SSSR count). The van der Waals surface area contributed by atoms with E-state index in [0.717, 1.165) is 4.31 Å². The van der Waals surface area contributed by atoms with Crippen molar-refractivity contribution in [3.63, 3.8) is 0 Å². The molecule has 1 amide bonds. The average Bonchev–Trinajstić information content (AvgIpc) is 2.65. The Balaban J connectivity index is 2.16. The maximum absolute atomic E-state index is 12.8. The molecular weight excluding hydrogens is 368 g/mol. The lowest BCUT2D eigenvalue weighted by Gasteiger charge is -2.19. The van der Waals surface area contributed by atoms with Crippen LogP contribution in [0.4, 0.5) is 5.69 Å². The van der Waals surface area contributed by atoms with Gasteiger partial charge in [0.1, 0.15) is 0 Å². The maximum atomic E-state index is 12.8. The van der Waals surface area contributed by atoms with E-state index in [1.54, 1.807) is 44.2 Å².